The van der Waals surface area contributed by atoms with Gasteiger partial charge in [0.2, 0.25) is 0 Å². The van der Waals surface area contributed by atoms with Crippen LogP contribution in [0.5, 0.6) is 0 Å². The van der Waals surface area contributed by atoms with E-state index in [1.54, 1.807) is 0 Å². The smallest absolute Gasteiger partial charge is 0.398 e. The first-order valence-electron chi connectivity index (χ1n) is 4.57. The van der Waals surface area contributed by atoms with Gasteiger partial charge in [-0.2, -0.15) is 13.2 Å². The minimum Gasteiger partial charge on any atom is -0.398 e. The van der Waals surface area contributed by atoms with Gasteiger partial charge in [0.1, 0.15) is 0 Å². The van der Waals surface area contributed by atoms with E-state index in [-0.39, 0.29) is 10.7 Å². The molecule has 90 valence electrons. The van der Waals surface area contributed by atoms with Gasteiger partial charge < -0.3 is 10.8 Å². The minimum atomic E-state index is -4.79. The Morgan fingerprint density at radius 2 is 1.94 bits per heavy atom. The maximum atomic E-state index is 12.8. The molecule has 1 aromatic rings. The molecule has 16 heavy (non-hydrogen) atoms. The van der Waals surface area contributed by atoms with Crippen LogP contribution >= 0.6 is 11.6 Å². The average Bonchev–Trinajstić information content (AvgIpc) is 2.19. The highest BCUT2D eigenvalue weighted by atomic mass is 35.5. The molecule has 0 saturated heterocycles. The number of nitrogens with two attached hydrogens (primary N) is 1. The van der Waals surface area contributed by atoms with Crippen molar-refractivity contribution in [3.63, 3.8) is 0 Å². The number of aliphatic hydroxyl groups is 1. The summed E-state index contributed by atoms with van der Waals surface area (Å²) in [6, 6.07) is 3.64. The van der Waals surface area contributed by atoms with Crippen molar-refractivity contribution < 1.29 is 18.3 Å². The molecule has 0 heterocycles. The van der Waals surface area contributed by atoms with Crippen molar-refractivity contribution in [1.29, 1.82) is 0 Å². The number of alkyl halides is 3. The van der Waals surface area contributed by atoms with E-state index in [2.05, 4.69) is 0 Å². The highest BCUT2D eigenvalue weighted by molar-refractivity contribution is 6.30. The van der Waals surface area contributed by atoms with Crippen LogP contribution < -0.4 is 5.73 Å². The first-order valence-corrected chi connectivity index (χ1v) is 4.94. The predicted octanol–water partition coefficient (Wildman–Crippen LogP) is 3.08. The van der Waals surface area contributed by atoms with Gasteiger partial charge in [-0.05, 0) is 24.6 Å². The van der Waals surface area contributed by atoms with E-state index in [1.165, 1.54) is 19.1 Å². The molecule has 1 aromatic carbocycles. The second kappa shape index (κ2) is 4.14. The van der Waals surface area contributed by atoms with E-state index in [4.69, 9.17) is 17.3 Å². The van der Waals surface area contributed by atoms with Crippen molar-refractivity contribution in [2.24, 2.45) is 0 Å². The van der Waals surface area contributed by atoms with E-state index >= 15 is 0 Å². The van der Waals surface area contributed by atoms with Crippen molar-refractivity contribution >= 4 is 17.3 Å². The van der Waals surface area contributed by atoms with Crippen LogP contribution in [0.25, 0.3) is 0 Å². The molecule has 0 amide bonds. The molecule has 1 atom stereocenters. The maximum absolute atomic E-state index is 12.8. The van der Waals surface area contributed by atoms with Crippen molar-refractivity contribution in [2.75, 3.05) is 5.73 Å². The summed E-state index contributed by atoms with van der Waals surface area (Å²) in [4.78, 5) is 0. The lowest BCUT2D eigenvalue weighted by Crippen LogP contribution is -2.42. The summed E-state index contributed by atoms with van der Waals surface area (Å²) in [6.45, 7) is 1.23. The third kappa shape index (κ3) is 2.10. The predicted molar refractivity (Wildman–Crippen MR) is 56.1 cm³/mol. The van der Waals surface area contributed by atoms with Crippen LogP contribution in [0.4, 0.5) is 18.9 Å². The molecule has 0 aliphatic rings. The van der Waals surface area contributed by atoms with Gasteiger partial charge in [0.25, 0.3) is 0 Å². The Hall–Kier alpha value is -0.940. The molecule has 0 spiro atoms. The van der Waals surface area contributed by atoms with Crippen LogP contribution in [0, 0.1) is 0 Å². The fraction of sp³-hybridized carbons (Fsp3) is 0.400. The molecule has 0 aliphatic heterocycles. The first-order chi connectivity index (χ1) is 7.22. The Bertz CT molecular complexity index is 394. The molecule has 0 bridgehead atoms. The lowest BCUT2D eigenvalue weighted by atomic mass is 9.89. The van der Waals surface area contributed by atoms with Gasteiger partial charge in [-0.25, -0.2) is 0 Å². The molecule has 0 aliphatic carbocycles. The molecule has 2 nitrogen and oxygen atoms in total. The number of halogens is 4. The Balaban J connectivity index is 3.39. The SMILES string of the molecule is CCC(O)(c1cc(Cl)ccc1N)C(F)(F)F. The zero-order chi connectivity index (χ0) is 12.6. The largest absolute Gasteiger partial charge is 0.421 e. The lowest BCUT2D eigenvalue weighted by molar-refractivity contribution is -0.267. The van der Waals surface area contributed by atoms with Gasteiger partial charge in [-0.1, -0.05) is 18.5 Å². The molecule has 3 N–H and O–H groups in total. The highest BCUT2D eigenvalue weighted by Crippen LogP contribution is 2.44. The monoisotopic (exact) mass is 253 g/mol. The molecule has 0 aromatic heterocycles. The zero-order valence-electron chi connectivity index (χ0n) is 8.48. The van der Waals surface area contributed by atoms with E-state index < -0.39 is 23.8 Å². The summed E-state index contributed by atoms with van der Waals surface area (Å²) in [7, 11) is 0. The molecule has 0 radical (unpaired) electrons. The second-order valence-electron chi connectivity index (χ2n) is 3.44. The van der Waals surface area contributed by atoms with Crippen LogP contribution in [0.15, 0.2) is 18.2 Å². The van der Waals surface area contributed by atoms with Crippen LogP contribution in [-0.2, 0) is 5.60 Å². The number of nitrogen functional groups attached to an aromatic ring is 1. The zero-order valence-corrected chi connectivity index (χ0v) is 9.23. The molecular weight excluding hydrogens is 243 g/mol. The van der Waals surface area contributed by atoms with Crippen LogP contribution in [-0.4, -0.2) is 11.3 Å². The average molecular weight is 254 g/mol. The van der Waals surface area contributed by atoms with Gasteiger partial charge in [-0.15, -0.1) is 0 Å². The minimum absolute atomic E-state index is 0.0975. The van der Waals surface area contributed by atoms with E-state index in [9.17, 15) is 18.3 Å². The van der Waals surface area contributed by atoms with Crippen LogP contribution in [0.2, 0.25) is 5.02 Å². The van der Waals surface area contributed by atoms with Crippen molar-refractivity contribution in [2.45, 2.75) is 25.1 Å². The van der Waals surface area contributed by atoms with Crippen molar-refractivity contribution in [1.82, 2.24) is 0 Å². The molecule has 6 heteroatoms. The second-order valence-corrected chi connectivity index (χ2v) is 3.88. The topological polar surface area (TPSA) is 46.2 Å². The third-order valence-corrected chi connectivity index (χ3v) is 2.68. The quantitative estimate of drug-likeness (QED) is 0.796. The number of rotatable bonds is 2. The fourth-order valence-electron chi connectivity index (χ4n) is 1.43. The number of hydrogen-bond donors (Lipinski definition) is 2. The summed E-state index contributed by atoms with van der Waals surface area (Å²) in [5, 5.41) is 9.77. The van der Waals surface area contributed by atoms with Crippen LogP contribution in [0.1, 0.15) is 18.9 Å². The fourth-order valence-corrected chi connectivity index (χ4v) is 1.60. The third-order valence-electron chi connectivity index (χ3n) is 2.44. The van der Waals surface area contributed by atoms with Crippen molar-refractivity contribution in [3.8, 4) is 0 Å². The van der Waals surface area contributed by atoms with Gasteiger partial charge in [0, 0.05) is 16.3 Å². The van der Waals surface area contributed by atoms with Crippen LogP contribution in [0.3, 0.4) is 0 Å². The van der Waals surface area contributed by atoms with E-state index in [0.717, 1.165) is 6.07 Å². The summed E-state index contributed by atoms with van der Waals surface area (Å²) in [5.41, 5.74) is 1.93. The molecule has 1 unspecified atom stereocenters. The van der Waals surface area contributed by atoms with Crippen molar-refractivity contribution in [3.05, 3.63) is 28.8 Å². The standard InChI is InChI=1S/C10H11ClF3NO/c1-2-9(16,10(12,13)14)7-5-6(11)3-4-8(7)15/h3-5,16H,2,15H2,1H3. The number of anilines is 1. The van der Waals surface area contributed by atoms with Gasteiger partial charge in [0.15, 0.2) is 5.60 Å². The lowest BCUT2D eigenvalue weighted by Gasteiger charge is -2.30. The molecule has 0 fully saturated rings. The number of hydrogen-bond acceptors (Lipinski definition) is 2. The first kappa shape index (κ1) is 13.1. The normalized spacial score (nSPS) is 15.9. The number of benzene rings is 1. The van der Waals surface area contributed by atoms with Gasteiger partial charge in [0.05, 0.1) is 0 Å². The Morgan fingerprint density at radius 1 is 1.38 bits per heavy atom. The molecular formula is C10H11ClF3NO. The molecule has 1 rings (SSSR count). The Labute approximate surface area is 95.8 Å². The Morgan fingerprint density at radius 3 is 2.38 bits per heavy atom. The summed E-state index contributed by atoms with van der Waals surface area (Å²) >= 11 is 5.60. The molecule has 0 saturated carbocycles. The van der Waals surface area contributed by atoms with Gasteiger partial charge in [-0.3, -0.25) is 0 Å². The maximum Gasteiger partial charge on any atom is 0.421 e. The van der Waals surface area contributed by atoms with Gasteiger partial charge >= 0.3 is 6.18 Å². The summed E-state index contributed by atoms with van der Waals surface area (Å²) in [5.74, 6) is 0. The van der Waals surface area contributed by atoms with E-state index in [0.29, 0.717) is 0 Å². The van der Waals surface area contributed by atoms with E-state index in [1.807, 2.05) is 0 Å². The summed E-state index contributed by atoms with van der Waals surface area (Å²) in [6.07, 6.45) is -5.32. The summed E-state index contributed by atoms with van der Waals surface area (Å²) < 4.78 is 38.3. The highest BCUT2D eigenvalue weighted by Gasteiger charge is 2.54. The Kier molecular flexibility index (Phi) is 3.40.